The number of rotatable bonds is 3. The van der Waals surface area contributed by atoms with Crippen LogP contribution in [0.3, 0.4) is 0 Å². The van der Waals surface area contributed by atoms with Gasteiger partial charge in [-0.05, 0) is 55.3 Å². The van der Waals surface area contributed by atoms with Crippen LogP contribution in [0.5, 0.6) is 0 Å². The molecule has 0 aliphatic heterocycles. The van der Waals surface area contributed by atoms with E-state index >= 15 is 0 Å². The Balaban J connectivity index is 2.39. The van der Waals surface area contributed by atoms with Crippen LogP contribution in [0.25, 0.3) is 0 Å². The molecule has 0 spiro atoms. The first kappa shape index (κ1) is 15.8. The highest BCUT2D eigenvalue weighted by Gasteiger charge is 2.38. The minimum absolute atomic E-state index is 0.192. The van der Waals surface area contributed by atoms with E-state index in [2.05, 4.69) is 19.2 Å². The van der Waals surface area contributed by atoms with Gasteiger partial charge in [0.25, 0.3) is 0 Å². The predicted octanol–water partition coefficient (Wildman–Crippen LogP) is 5.26. The summed E-state index contributed by atoms with van der Waals surface area (Å²) in [5.41, 5.74) is 1.99. The zero-order valence-corrected chi connectivity index (χ0v) is 13.6. The van der Waals surface area contributed by atoms with Gasteiger partial charge in [-0.25, -0.2) is 4.39 Å². The lowest BCUT2D eigenvalue weighted by Gasteiger charge is -2.43. The van der Waals surface area contributed by atoms with E-state index in [0.29, 0.717) is 16.5 Å². The molecule has 0 aromatic heterocycles. The molecule has 1 N–H and O–H groups in total. The molecule has 0 radical (unpaired) electrons. The number of hydrogen-bond acceptors (Lipinski definition) is 1. The standard InChI is InChI=1S/C17H25ClFN/c1-11-9-12(14(18)10-15(11)19)16(20-4)13-7-5-6-8-17(13,2)3/h9-10,13,16,20H,5-8H2,1-4H3. The molecule has 2 rings (SSSR count). The summed E-state index contributed by atoms with van der Waals surface area (Å²) in [4.78, 5) is 0. The molecule has 1 fully saturated rings. The lowest BCUT2D eigenvalue weighted by atomic mass is 9.64. The molecule has 1 aliphatic carbocycles. The Kier molecular flexibility index (Phi) is 4.76. The molecule has 2 atom stereocenters. The topological polar surface area (TPSA) is 12.0 Å². The quantitative estimate of drug-likeness (QED) is 0.802. The fraction of sp³-hybridized carbons (Fsp3) is 0.647. The SMILES string of the molecule is CNC(c1cc(C)c(F)cc1Cl)C1CCCCC1(C)C. The van der Waals surface area contributed by atoms with E-state index in [1.54, 1.807) is 6.92 Å². The van der Waals surface area contributed by atoms with Gasteiger partial charge in [0.05, 0.1) is 0 Å². The Hall–Kier alpha value is -0.600. The van der Waals surface area contributed by atoms with Crippen molar-refractivity contribution in [1.29, 1.82) is 0 Å². The lowest BCUT2D eigenvalue weighted by molar-refractivity contribution is 0.101. The van der Waals surface area contributed by atoms with Crippen molar-refractivity contribution in [2.75, 3.05) is 7.05 Å². The normalized spacial score (nSPS) is 23.6. The Bertz CT molecular complexity index is 484. The monoisotopic (exact) mass is 297 g/mol. The molecule has 0 heterocycles. The summed E-state index contributed by atoms with van der Waals surface area (Å²) in [5.74, 6) is 0.306. The zero-order chi connectivity index (χ0) is 14.9. The van der Waals surface area contributed by atoms with Crippen LogP contribution in [0.2, 0.25) is 5.02 Å². The van der Waals surface area contributed by atoms with Crippen LogP contribution < -0.4 is 5.32 Å². The summed E-state index contributed by atoms with van der Waals surface area (Å²) in [6.07, 6.45) is 5.01. The van der Waals surface area contributed by atoms with Crippen LogP contribution in [0, 0.1) is 24.1 Å². The van der Waals surface area contributed by atoms with Gasteiger partial charge in [0.2, 0.25) is 0 Å². The van der Waals surface area contributed by atoms with Crippen molar-refractivity contribution in [2.45, 2.75) is 52.5 Å². The maximum absolute atomic E-state index is 13.6. The Labute approximate surface area is 126 Å². The predicted molar refractivity (Wildman–Crippen MR) is 83.7 cm³/mol. The first-order chi connectivity index (χ1) is 9.36. The van der Waals surface area contributed by atoms with Gasteiger partial charge in [-0.2, -0.15) is 0 Å². The molecular formula is C17H25ClFN. The van der Waals surface area contributed by atoms with Crippen LogP contribution in [0.15, 0.2) is 12.1 Å². The molecule has 1 saturated carbocycles. The molecule has 1 nitrogen and oxygen atoms in total. The highest BCUT2D eigenvalue weighted by molar-refractivity contribution is 6.31. The van der Waals surface area contributed by atoms with Crippen LogP contribution in [0.1, 0.15) is 56.7 Å². The number of benzene rings is 1. The van der Waals surface area contributed by atoms with Crippen molar-refractivity contribution in [3.63, 3.8) is 0 Å². The highest BCUT2D eigenvalue weighted by Crippen LogP contribution is 2.47. The molecule has 112 valence electrons. The minimum Gasteiger partial charge on any atom is -0.313 e. The van der Waals surface area contributed by atoms with E-state index in [4.69, 9.17) is 11.6 Å². The zero-order valence-electron chi connectivity index (χ0n) is 12.9. The molecule has 3 heteroatoms. The molecule has 2 unspecified atom stereocenters. The third kappa shape index (κ3) is 3.01. The molecule has 20 heavy (non-hydrogen) atoms. The molecular weight excluding hydrogens is 273 g/mol. The summed E-state index contributed by atoms with van der Waals surface area (Å²) < 4.78 is 13.6. The average Bonchev–Trinajstić information content (AvgIpc) is 2.37. The third-order valence-electron chi connectivity index (χ3n) is 4.92. The maximum Gasteiger partial charge on any atom is 0.127 e. The fourth-order valence-corrected chi connectivity index (χ4v) is 3.90. The van der Waals surface area contributed by atoms with Gasteiger partial charge in [0.15, 0.2) is 0 Å². The van der Waals surface area contributed by atoms with E-state index in [0.717, 1.165) is 5.56 Å². The van der Waals surface area contributed by atoms with Crippen molar-refractivity contribution < 1.29 is 4.39 Å². The lowest BCUT2D eigenvalue weighted by Crippen LogP contribution is -2.38. The Morgan fingerprint density at radius 3 is 2.65 bits per heavy atom. The number of hydrogen-bond donors (Lipinski definition) is 1. The molecule has 0 saturated heterocycles. The average molecular weight is 298 g/mol. The summed E-state index contributed by atoms with van der Waals surface area (Å²) >= 11 is 6.31. The number of halogens is 2. The van der Waals surface area contributed by atoms with Crippen molar-refractivity contribution in [1.82, 2.24) is 5.32 Å². The molecule has 1 aromatic carbocycles. The largest absolute Gasteiger partial charge is 0.313 e. The number of nitrogens with one attached hydrogen (secondary N) is 1. The van der Waals surface area contributed by atoms with Crippen molar-refractivity contribution in [2.24, 2.45) is 11.3 Å². The van der Waals surface area contributed by atoms with E-state index < -0.39 is 0 Å². The summed E-state index contributed by atoms with van der Waals surface area (Å²) in [7, 11) is 1.98. The van der Waals surface area contributed by atoms with Gasteiger partial charge in [-0.15, -0.1) is 0 Å². The van der Waals surface area contributed by atoms with Crippen LogP contribution in [-0.2, 0) is 0 Å². The third-order valence-corrected chi connectivity index (χ3v) is 5.24. The van der Waals surface area contributed by atoms with E-state index in [9.17, 15) is 4.39 Å². The van der Waals surface area contributed by atoms with Crippen molar-refractivity contribution in [3.05, 3.63) is 34.1 Å². The summed E-state index contributed by atoms with van der Waals surface area (Å²) in [6, 6.07) is 3.55. The molecule has 0 amide bonds. The van der Waals surface area contributed by atoms with Gasteiger partial charge in [0.1, 0.15) is 5.82 Å². The van der Waals surface area contributed by atoms with Gasteiger partial charge >= 0.3 is 0 Å². The first-order valence-corrected chi connectivity index (χ1v) is 7.87. The maximum atomic E-state index is 13.6. The number of aryl methyl sites for hydroxylation is 1. The molecule has 1 aliphatic rings. The minimum atomic E-state index is -0.225. The Morgan fingerprint density at radius 2 is 2.05 bits per heavy atom. The second-order valence-electron chi connectivity index (χ2n) is 6.73. The molecule has 1 aromatic rings. The van der Waals surface area contributed by atoms with Gasteiger partial charge in [0, 0.05) is 11.1 Å². The van der Waals surface area contributed by atoms with E-state index in [1.165, 1.54) is 31.7 Å². The van der Waals surface area contributed by atoms with Crippen LogP contribution >= 0.6 is 11.6 Å². The van der Waals surface area contributed by atoms with Crippen molar-refractivity contribution >= 4 is 11.6 Å². The highest BCUT2D eigenvalue weighted by atomic mass is 35.5. The van der Waals surface area contributed by atoms with E-state index in [-0.39, 0.29) is 17.3 Å². The molecule has 0 bridgehead atoms. The van der Waals surface area contributed by atoms with E-state index in [1.807, 2.05) is 13.1 Å². The van der Waals surface area contributed by atoms with Crippen LogP contribution in [0.4, 0.5) is 4.39 Å². The first-order valence-electron chi connectivity index (χ1n) is 7.49. The fourth-order valence-electron chi connectivity index (χ4n) is 3.63. The smallest absolute Gasteiger partial charge is 0.127 e. The Morgan fingerprint density at radius 1 is 1.35 bits per heavy atom. The summed E-state index contributed by atoms with van der Waals surface area (Å²) in [6.45, 7) is 6.48. The summed E-state index contributed by atoms with van der Waals surface area (Å²) in [5, 5.41) is 3.96. The second-order valence-corrected chi connectivity index (χ2v) is 7.14. The van der Waals surface area contributed by atoms with Gasteiger partial charge < -0.3 is 5.32 Å². The second kappa shape index (κ2) is 6.03. The van der Waals surface area contributed by atoms with Gasteiger partial charge in [-0.3, -0.25) is 0 Å². The van der Waals surface area contributed by atoms with Crippen LogP contribution in [-0.4, -0.2) is 7.05 Å². The van der Waals surface area contributed by atoms with Crippen molar-refractivity contribution in [3.8, 4) is 0 Å². The van der Waals surface area contributed by atoms with Gasteiger partial charge in [-0.1, -0.05) is 44.4 Å².